The zero-order valence-electron chi connectivity index (χ0n) is 11.4. The van der Waals surface area contributed by atoms with Crippen molar-refractivity contribution in [3.63, 3.8) is 0 Å². The average molecular weight is 301 g/mol. The molecule has 0 fully saturated rings. The van der Waals surface area contributed by atoms with Crippen molar-refractivity contribution in [3.05, 3.63) is 51.1 Å². The molecule has 21 heavy (non-hydrogen) atoms. The lowest BCUT2D eigenvalue weighted by Crippen LogP contribution is -1.93. The first-order valence-corrected chi connectivity index (χ1v) is 7.00. The van der Waals surface area contributed by atoms with Gasteiger partial charge in [-0.25, -0.2) is 9.97 Å². The summed E-state index contributed by atoms with van der Waals surface area (Å²) in [6.45, 7) is 3.67. The van der Waals surface area contributed by atoms with Gasteiger partial charge in [0.25, 0.3) is 5.69 Å². The number of nitro benzene ring substituents is 1. The molecule has 0 radical (unpaired) electrons. The minimum atomic E-state index is -0.412. The van der Waals surface area contributed by atoms with E-state index in [0.29, 0.717) is 17.2 Å². The second kappa shape index (κ2) is 5.10. The van der Waals surface area contributed by atoms with Gasteiger partial charge in [-0.1, -0.05) is 0 Å². The molecule has 7 heteroatoms. The quantitative estimate of drug-likeness (QED) is 0.539. The van der Waals surface area contributed by atoms with E-state index in [1.165, 1.54) is 12.4 Å². The molecular weight excluding hydrogens is 290 g/mol. The maximum absolute atomic E-state index is 10.8. The molecule has 0 saturated heterocycles. The maximum atomic E-state index is 10.8. The largest absolute Gasteiger partial charge is 0.438 e. The topological polar surface area (TPSA) is 78.2 Å². The fourth-order valence-electron chi connectivity index (χ4n) is 2.04. The average Bonchev–Trinajstić information content (AvgIpc) is 2.80. The fourth-order valence-corrected chi connectivity index (χ4v) is 2.88. The van der Waals surface area contributed by atoms with Crippen LogP contribution in [0, 0.1) is 24.0 Å². The van der Waals surface area contributed by atoms with Crippen molar-refractivity contribution in [1.82, 2.24) is 9.97 Å². The highest BCUT2D eigenvalue weighted by Crippen LogP contribution is 2.33. The molecule has 3 rings (SSSR count). The number of thiophene rings is 1. The Morgan fingerprint density at radius 1 is 1.24 bits per heavy atom. The van der Waals surface area contributed by atoms with Gasteiger partial charge in [0.2, 0.25) is 5.88 Å². The van der Waals surface area contributed by atoms with Gasteiger partial charge in [-0.2, -0.15) is 0 Å². The lowest BCUT2D eigenvalue weighted by atomic mass is 10.2. The zero-order chi connectivity index (χ0) is 15.0. The third-order valence-electron chi connectivity index (χ3n) is 3.00. The van der Waals surface area contributed by atoms with Gasteiger partial charge in [-0.05, 0) is 32.0 Å². The molecule has 6 nitrogen and oxygen atoms in total. The van der Waals surface area contributed by atoms with Crippen LogP contribution in [0.4, 0.5) is 5.69 Å². The van der Waals surface area contributed by atoms with E-state index in [9.17, 15) is 10.1 Å². The lowest BCUT2D eigenvalue weighted by molar-refractivity contribution is -0.385. The zero-order valence-corrected chi connectivity index (χ0v) is 12.2. The minimum Gasteiger partial charge on any atom is -0.438 e. The molecular formula is C14H11N3O3S. The molecule has 0 atom stereocenters. The van der Waals surface area contributed by atoms with Crippen LogP contribution in [-0.4, -0.2) is 14.9 Å². The molecule has 0 aliphatic carbocycles. The highest BCUT2D eigenvalue weighted by atomic mass is 32.1. The van der Waals surface area contributed by atoms with E-state index in [1.54, 1.807) is 30.4 Å². The molecule has 0 aliphatic rings. The predicted octanol–water partition coefficient (Wildman–Crippen LogP) is 4.01. The summed E-state index contributed by atoms with van der Waals surface area (Å²) in [4.78, 5) is 20.7. The van der Waals surface area contributed by atoms with Crippen LogP contribution in [0.3, 0.4) is 0 Å². The standard InChI is InChI=1S/C14H11N3O3S/c1-8-5-10(3-4-12(8)17(18)19)20-13-11-6-9(2)21-14(11)16-7-15-13/h3-7H,1-2H3. The number of ether oxygens (including phenoxy) is 1. The third-order valence-corrected chi connectivity index (χ3v) is 3.95. The van der Waals surface area contributed by atoms with Gasteiger partial charge in [-0.15, -0.1) is 11.3 Å². The van der Waals surface area contributed by atoms with Crippen LogP contribution in [0.15, 0.2) is 30.6 Å². The molecule has 0 spiro atoms. The Morgan fingerprint density at radius 3 is 2.76 bits per heavy atom. The minimum absolute atomic E-state index is 0.0709. The molecule has 2 aromatic heterocycles. The highest BCUT2D eigenvalue weighted by molar-refractivity contribution is 7.18. The summed E-state index contributed by atoms with van der Waals surface area (Å²) in [6.07, 6.45) is 1.45. The molecule has 0 unspecified atom stereocenters. The first kappa shape index (κ1) is 13.4. The number of hydrogen-bond donors (Lipinski definition) is 0. The molecule has 0 saturated carbocycles. The summed E-state index contributed by atoms with van der Waals surface area (Å²) >= 11 is 1.57. The normalized spacial score (nSPS) is 10.8. The fraction of sp³-hybridized carbons (Fsp3) is 0.143. The smallest absolute Gasteiger partial charge is 0.272 e. The van der Waals surface area contributed by atoms with Crippen LogP contribution in [0.1, 0.15) is 10.4 Å². The number of nitro groups is 1. The summed E-state index contributed by atoms with van der Waals surface area (Å²) in [5, 5.41) is 11.7. The van der Waals surface area contributed by atoms with Gasteiger partial charge in [0, 0.05) is 16.5 Å². The van der Waals surface area contributed by atoms with E-state index in [2.05, 4.69) is 9.97 Å². The number of aromatic nitrogens is 2. The number of nitrogens with zero attached hydrogens (tertiary/aromatic N) is 3. The number of hydrogen-bond acceptors (Lipinski definition) is 6. The first-order chi connectivity index (χ1) is 10.0. The summed E-state index contributed by atoms with van der Waals surface area (Å²) in [5.74, 6) is 0.972. The molecule has 2 heterocycles. The molecule has 106 valence electrons. The Kier molecular flexibility index (Phi) is 3.26. The van der Waals surface area contributed by atoms with Crippen LogP contribution in [-0.2, 0) is 0 Å². The highest BCUT2D eigenvalue weighted by Gasteiger charge is 2.13. The summed E-state index contributed by atoms with van der Waals surface area (Å²) in [7, 11) is 0. The molecule has 3 aromatic rings. The van der Waals surface area contributed by atoms with E-state index in [-0.39, 0.29) is 5.69 Å². The number of benzene rings is 1. The van der Waals surface area contributed by atoms with Crippen molar-refractivity contribution < 1.29 is 9.66 Å². The van der Waals surface area contributed by atoms with Gasteiger partial charge in [0.1, 0.15) is 16.9 Å². The van der Waals surface area contributed by atoms with Gasteiger partial charge >= 0.3 is 0 Å². The summed E-state index contributed by atoms with van der Waals surface area (Å²) in [6, 6.07) is 6.60. The molecule has 0 bridgehead atoms. The maximum Gasteiger partial charge on any atom is 0.272 e. The van der Waals surface area contributed by atoms with Gasteiger partial charge in [0.05, 0.1) is 10.3 Å². The van der Waals surface area contributed by atoms with E-state index < -0.39 is 4.92 Å². The summed E-state index contributed by atoms with van der Waals surface area (Å²) in [5.41, 5.74) is 0.617. The van der Waals surface area contributed by atoms with Crippen molar-refractivity contribution in [2.75, 3.05) is 0 Å². The Bertz CT molecular complexity index is 845. The van der Waals surface area contributed by atoms with Crippen molar-refractivity contribution >= 4 is 27.2 Å². The van der Waals surface area contributed by atoms with Crippen LogP contribution in [0.2, 0.25) is 0 Å². The molecule has 0 aliphatic heterocycles. The Labute approximate surface area is 124 Å². The SMILES string of the molecule is Cc1cc2c(Oc3ccc([N+](=O)[O-])c(C)c3)ncnc2s1. The Morgan fingerprint density at radius 2 is 2.05 bits per heavy atom. The first-order valence-electron chi connectivity index (χ1n) is 6.18. The second-order valence-corrected chi connectivity index (χ2v) is 5.80. The molecule has 0 amide bonds. The van der Waals surface area contributed by atoms with Crippen molar-refractivity contribution in [2.45, 2.75) is 13.8 Å². The van der Waals surface area contributed by atoms with Crippen molar-refractivity contribution in [2.24, 2.45) is 0 Å². The Hall–Kier alpha value is -2.54. The summed E-state index contributed by atoms with van der Waals surface area (Å²) < 4.78 is 5.75. The van der Waals surface area contributed by atoms with Crippen LogP contribution in [0.25, 0.3) is 10.2 Å². The van der Waals surface area contributed by atoms with Crippen LogP contribution in [0.5, 0.6) is 11.6 Å². The number of aryl methyl sites for hydroxylation is 2. The van der Waals surface area contributed by atoms with Crippen molar-refractivity contribution in [1.29, 1.82) is 0 Å². The van der Waals surface area contributed by atoms with Crippen LogP contribution >= 0.6 is 11.3 Å². The van der Waals surface area contributed by atoms with E-state index in [4.69, 9.17) is 4.74 Å². The molecule has 0 N–H and O–H groups in total. The monoisotopic (exact) mass is 301 g/mol. The van der Waals surface area contributed by atoms with E-state index in [1.807, 2.05) is 13.0 Å². The lowest BCUT2D eigenvalue weighted by Gasteiger charge is -2.06. The van der Waals surface area contributed by atoms with E-state index >= 15 is 0 Å². The van der Waals surface area contributed by atoms with Crippen molar-refractivity contribution in [3.8, 4) is 11.6 Å². The molecule has 1 aromatic carbocycles. The predicted molar refractivity (Wildman–Crippen MR) is 80.1 cm³/mol. The van der Waals surface area contributed by atoms with Crippen LogP contribution < -0.4 is 4.74 Å². The van der Waals surface area contributed by atoms with Gasteiger partial charge < -0.3 is 4.74 Å². The third kappa shape index (κ3) is 2.55. The van der Waals surface area contributed by atoms with Gasteiger partial charge in [0.15, 0.2) is 0 Å². The number of rotatable bonds is 3. The Balaban J connectivity index is 1.99. The van der Waals surface area contributed by atoms with Gasteiger partial charge in [-0.3, -0.25) is 10.1 Å². The van der Waals surface area contributed by atoms with E-state index in [0.717, 1.165) is 15.1 Å². The second-order valence-electron chi connectivity index (χ2n) is 4.56. The number of fused-ring (bicyclic) bond motifs is 1.